The number of hydrogen-bond acceptors (Lipinski definition) is 2. The van der Waals surface area contributed by atoms with Crippen molar-refractivity contribution in [1.82, 2.24) is 0 Å². The molecule has 138 valence electrons. The fraction of sp³-hybridized carbons (Fsp3) is 0.727. The van der Waals surface area contributed by atoms with Gasteiger partial charge in [-0.3, -0.25) is 0 Å². The quantitative estimate of drug-likeness (QED) is 0.718. The van der Waals surface area contributed by atoms with E-state index in [1.54, 1.807) is 13.2 Å². The van der Waals surface area contributed by atoms with Crippen molar-refractivity contribution in [2.45, 2.75) is 70.8 Å². The minimum atomic E-state index is -0.201. The molecule has 4 rings (SSSR count). The molecule has 0 unspecified atom stereocenters. The predicted octanol–water partition coefficient (Wildman–Crippen LogP) is 5.49. The molecule has 25 heavy (non-hydrogen) atoms. The van der Waals surface area contributed by atoms with E-state index in [4.69, 9.17) is 9.47 Å². The molecule has 3 aliphatic rings. The minimum Gasteiger partial charge on any atom is -0.494 e. The maximum atomic E-state index is 14.4. The average Bonchev–Trinajstić information content (AvgIpc) is 3.00. The van der Waals surface area contributed by atoms with Gasteiger partial charge in [-0.15, -0.1) is 0 Å². The Labute approximate surface area is 151 Å². The molecule has 3 aliphatic carbocycles. The lowest BCUT2D eigenvalue weighted by Crippen LogP contribution is -2.46. The number of ether oxygens (including phenoxy) is 2. The fourth-order valence-electron chi connectivity index (χ4n) is 6.61. The van der Waals surface area contributed by atoms with Gasteiger partial charge in [0.1, 0.15) is 0 Å². The normalized spacial score (nSPS) is 36.5. The van der Waals surface area contributed by atoms with Crippen molar-refractivity contribution in [2.24, 2.45) is 17.3 Å². The third-order valence-corrected chi connectivity index (χ3v) is 7.66. The molecule has 1 aromatic rings. The first-order chi connectivity index (χ1) is 12.1. The van der Waals surface area contributed by atoms with Crippen LogP contribution in [0.4, 0.5) is 4.39 Å². The molecule has 0 radical (unpaired) electrons. The van der Waals surface area contributed by atoms with Gasteiger partial charge in [-0.05, 0) is 98.3 Å². The molecule has 0 bridgehead atoms. The highest BCUT2D eigenvalue weighted by Crippen LogP contribution is 2.63. The average molecular weight is 346 g/mol. The highest BCUT2D eigenvalue weighted by Gasteiger charge is 2.56. The molecule has 1 aromatic carbocycles. The van der Waals surface area contributed by atoms with Crippen molar-refractivity contribution in [3.63, 3.8) is 0 Å². The van der Waals surface area contributed by atoms with Crippen LogP contribution in [0.1, 0.15) is 69.4 Å². The molecule has 3 heteroatoms. The molecular weight excluding hydrogens is 315 g/mol. The van der Waals surface area contributed by atoms with E-state index < -0.39 is 0 Å². The van der Waals surface area contributed by atoms with E-state index in [9.17, 15) is 4.39 Å². The molecular formula is C22H31FO2. The summed E-state index contributed by atoms with van der Waals surface area (Å²) in [5.41, 5.74) is 2.93. The topological polar surface area (TPSA) is 18.5 Å². The smallest absolute Gasteiger partial charge is 0.165 e. The summed E-state index contributed by atoms with van der Waals surface area (Å²) in [4.78, 5) is 0. The molecule has 0 spiro atoms. The summed E-state index contributed by atoms with van der Waals surface area (Å²) in [6, 6.07) is 3.72. The lowest BCUT2D eigenvalue weighted by Gasteiger charge is -2.52. The van der Waals surface area contributed by atoms with E-state index in [0.717, 1.165) is 18.9 Å². The van der Waals surface area contributed by atoms with Crippen LogP contribution >= 0.6 is 0 Å². The van der Waals surface area contributed by atoms with E-state index in [0.29, 0.717) is 29.1 Å². The van der Waals surface area contributed by atoms with Gasteiger partial charge in [0.05, 0.1) is 13.2 Å². The first-order valence-corrected chi connectivity index (χ1v) is 10.1. The summed E-state index contributed by atoms with van der Waals surface area (Å²) in [5, 5.41) is 0. The van der Waals surface area contributed by atoms with Crippen molar-refractivity contribution in [2.75, 3.05) is 13.7 Å². The molecule has 2 fully saturated rings. The van der Waals surface area contributed by atoms with Crippen LogP contribution in [0.15, 0.2) is 12.1 Å². The Bertz CT molecular complexity index is 643. The van der Waals surface area contributed by atoms with E-state index in [1.165, 1.54) is 49.7 Å². The third kappa shape index (κ3) is 2.53. The summed E-state index contributed by atoms with van der Waals surface area (Å²) < 4.78 is 25.8. The standard InChI is InChI=1S/C22H31FO2/c1-4-22-11-10-15-16(18(22)8-9-21(22)25-5-2)7-6-14-12-20(24-3)19(23)13-17(14)15/h12-13,15-16,18,21H,4-11H2,1-3H3/t15-,16-,18-,21-,22-/m0/s1. The van der Waals surface area contributed by atoms with Crippen LogP contribution in [-0.2, 0) is 11.2 Å². The van der Waals surface area contributed by atoms with Gasteiger partial charge in [0.25, 0.3) is 0 Å². The van der Waals surface area contributed by atoms with Crippen molar-refractivity contribution >= 4 is 0 Å². The Kier molecular flexibility index (Phi) is 4.56. The van der Waals surface area contributed by atoms with Crippen LogP contribution in [-0.4, -0.2) is 19.8 Å². The Morgan fingerprint density at radius 1 is 1.16 bits per heavy atom. The number of rotatable bonds is 4. The van der Waals surface area contributed by atoms with Crippen LogP contribution in [0.25, 0.3) is 0 Å². The Balaban J connectivity index is 1.67. The summed E-state index contributed by atoms with van der Waals surface area (Å²) in [6.45, 7) is 5.29. The zero-order valence-corrected chi connectivity index (χ0v) is 15.8. The molecule has 0 amide bonds. The second-order valence-corrected chi connectivity index (χ2v) is 8.25. The van der Waals surface area contributed by atoms with Crippen molar-refractivity contribution < 1.29 is 13.9 Å². The lowest BCUT2D eigenvalue weighted by atomic mass is 9.54. The molecule has 5 atom stereocenters. The van der Waals surface area contributed by atoms with E-state index in [1.807, 2.05) is 6.07 Å². The Morgan fingerprint density at radius 2 is 2.00 bits per heavy atom. The minimum absolute atomic E-state index is 0.201. The van der Waals surface area contributed by atoms with Crippen LogP contribution in [0, 0.1) is 23.1 Å². The summed E-state index contributed by atoms with van der Waals surface area (Å²) >= 11 is 0. The zero-order chi connectivity index (χ0) is 17.6. The van der Waals surface area contributed by atoms with Crippen LogP contribution in [0.3, 0.4) is 0 Å². The maximum Gasteiger partial charge on any atom is 0.165 e. The molecule has 2 saturated carbocycles. The van der Waals surface area contributed by atoms with Gasteiger partial charge < -0.3 is 9.47 Å². The van der Waals surface area contributed by atoms with Crippen LogP contribution in [0.5, 0.6) is 5.75 Å². The zero-order valence-electron chi connectivity index (χ0n) is 15.8. The highest BCUT2D eigenvalue weighted by molar-refractivity contribution is 5.41. The first-order valence-electron chi connectivity index (χ1n) is 10.1. The summed E-state index contributed by atoms with van der Waals surface area (Å²) in [7, 11) is 1.55. The highest BCUT2D eigenvalue weighted by atomic mass is 19.1. The van der Waals surface area contributed by atoms with Gasteiger partial charge in [0, 0.05) is 6.61 Å². The molecule has 0 saturated heterocycles. The van der Waals surface area contributed by atoms with E-state index >= 15 is 0 Å². The van der Waals surface area contributed by atoms with E-state index in [-0.39, 0.29) is 5.82 Å². The van der Waals surface area contributed by atoms with Crippen LogP contribution in [0.2, 0.25) is 0 Å². The van der Waals surface area contributed by atoms with Crippen molar-refractivity contribution in [1.29, 1.82) is 0 Å². The number of methoxy groups -OCH3 is 1. The Morgan fingerprint density at radius 3 is 2.72 bits per heavy atom. The largest absolute Gasteiger partial charge is 0.494 e. The number of benzene rings is 1. The van der Waals surface area contributed by atoms with Crippen molar-refractivity contribution in [3.8, 4) is 5.75 Å². The molecule has 0 heterocycles. The Hall–Kier alpha value is -1.09. The van der Waals surface area contributed by atoms with Gasteiger partial charge in [-0.1, -0.05) is 6.92 Å². The third-order valence-electron chi connectivity index (χ3n) is 7.66. The van der Waals surface area contributed by atoms with Gasteiger partial charge in [0.15, 0.2) is 11.6 Å². The van der Waals surface area contributed by atoms with Gasteiger partial charge >= 0.3 is 0 Å². The number of halogens is 1. The summed E-state index contributed by atoms with van der Waals surface area (Å²) in [6.07, 6.45) is 8.84. The van der Waals surface area contributed by atoms with Gasteiger partial charge in [-0.2, -0.15) is 0 Å². The number of hydrogen-bond donors (Lipinski definition) is 0. The number of aryl methyl sites for hydroxylation is 1. The molecule has 0 N–H and O–H groups in total. The van der Waals surface area contributed by atoms with Crippen LogP contribution < -0.4 is 4.74 Å². The second kappa shape index (κ2) is 6.57. The van der Waals surface area contributed by atoms with Crippen molar-refractivity contribution in [3.05, 3.63) is 29.1 Å². The maximum absolute atomic E-state index is 14.4. The molecule has 0 aliphatic heterocycles. The monoisotopic (exact) mass is 346 g/mol. The molecule has 2 nitrogen and oxygen atoms in total. The predicted molar refractivity (Wildman–Crippen MR) is 97.6 cm³/mol. The SMILES string of the molecule is CCO[C@H]1CC[C@H]2[C@H]3CCc4cc(OC)c(F)cc4[C@H]3CC[C@]12CC. The number of fused-ring (bicyclic) bond motifs is 5. The van der Waals surface area contributed by atoms with E-state index in [2.05, 4.69) is 13.8 Å². The second-order valence-electron chi connectivity index (χ2n) is 8.25. The first kappa shape index (κ1) is 17.3. The van der Waals surface area contributed by atoms with Gasteiger partial charge in [-0.25, -0.2) is 4.39 Å². The molecule has 0 aromatic heterocycles. The fourth-order valence-corrected chi connectivity index (χ4v) is 6.61. The van der Waals surface area contributed by atoms with Gasteiger partial charge in [0.2, 0.25) is 0 Å². The lowest BCUT2D eigenvalue weighted by molar-refractivity contribution is -0.0735. The summed E-state index contributed by atoms with van der Waals surface area (Å²) in [5.74, 6) is 2.15.